The van der Waals surface area contributed by atoms with E-state index in [0.717, 1.165) is 23.1 Å². The highest BCUT2D eigenvalue weighted by Crippen LogP contribution is 2.15. The predicted molar refractivity (Wildman–Crippen MR) is 76.0 cm³/mol. The summed E-state index contributed by atoms with van der Waals surface area (Å²) in [5.74, 6) is 1.68. The van der Waals surface area contributed by atoms with Crippen molar-refractivity contribution in [2.75, 3.05) is 12.3 Å². The van der Waals surface area contributed by atoms with Crippen LogP contribution < -0.4 is 5.32 Å². The lowest BCUT2D eigenvalue weighted by Gasteiger charge is -2.16. The minimum Gasteiger partial charge on any atom is -0.313 e. The fraction of sp³-hybridized carbons (Fsp3) is 0.538. The first kappa shape index (κ1) is 13.4. The van der Waals surface area contributed by atoms with E-state index >= 15 is 0 Å². The van der Waals surface area contributed by atoms with E-state index in [9.17, 15) is 0 Å². The molecule has 1 N–H and O–H groups in total. The summed E-state index contributed by atoms with van der Waals surface area (Å²) in [7, 11) is 0. The lowest BCUT2D eigenvalue weighted by Crippen LogP contribution is -2.32. The van der Waals surface area contributed by atoms with E-state index in [4.69, 9.17) is 0 Å². The molecule has 0 saturated heterocycles. The van der Waals surface area contributed by atoms with Gasteiger partial charge in [-0.1, -0.05) is 31.7 Å². The zero-order valence-corrected chi connectivity index (χ0v) is 11.9. The normalized spacial score (nSPS) is 13.3. The molecule has 2 heterocycles. The van der Waals surface area contributed by atoms with Crippen molar-refractivity contribution in [2.24, 2.45) is 5.92 Å². The van der Waals surface area contributed by atoms with Crippen LogP contribution in [0.5, 0.6) is 0 Å². The van der Waals surface area contributed by atoms with Crippen LogP contribution in [0.2, 0.25) is 0 Å². The van der Waals surface area contributed by atoms with Crippen LogP contribution in [0.1, 0.15) is 20.8 Å². The average molecular weight is 264 g/mol. The van der Waals surface area contributed by atoms with E-state index < -0.39 is 0 Å². The standard InChI is InChI=1S/C13H20N4S/c1-10(2)11(3)14-7-9-18-13-16-15-12-6-4-5-8-17(12)13/h4-6,8,10-11,14H,7,9H2,1-3H3. The Morgan fingerprint density at radius 1 is 1.28 bits per heavy atom. The molecule has 1 unspecified atom stereocenters. The molecule has 0 aromatic carbocycles. The maximum absolute atomic E-state index is 4.20. The molecule has 0 bridgehead atoms. The SMILES string of the molecule is CC(C)C(C)NCCSc1nnc2ccccn12. The third-order valence-corrected chi connectivity index (χ3v) is 4.03. The highest BCUT2D eigenvalue weighted by molar-refractivity contribution is 7.99. The first-order valence-electron chi connectivity index (χ1n) is 6.34. The first-order chi connectivity index (χ1) is 8.68. The summed E-state index contributed by atoms with van der Waals surface area (Å²) in [6.07, 6.45) is 2.00. The van der Waals surface area contributed by atoms with Crippen molar-refractivity contribution in [1.29, 1.82) is 0 Å². The number of fused-ring (bicyclic) bond motifs is 1. The molecule has 0 saturated carbocycles. The summed E-state index contributed by atoms with van der Waals surface area (Å²) in [5.41, 5.74) is 0.906. The van der Waals surface area contributed by atoms with Gasteiger partial charge in [0.25, 0.3) is 0 Å². The Morgan fingerprint density at radius 2 is 2.11 bits per heavy atom. The van der Waals surface area contributed by atoms with Crippen LogP contribution in [-0.2, 0) is 0 Å². The molecular formula is C13H20N4S. The van der Waals surface area contributed by atoms with Crippen molar-refractivity contribution < 1.29 is 0 Å². The molecule has 0 aliphatic heterocycles. The molecule has 2 aromatic rings. The van der Waals surface area contributed by atoms with Crippen molar-refractivity contribution >= 4 is 17.4 Å². The van der Waals surface area contributed by atoms with Gasteiger partial charge in [-0.3, -0.25) is 4.40 Å². The molecule has 2 aromatic heterocycles. The fourth-order valence-electron chi connectivity index (χ4n) is 1.58. The van der Waals surface area contributed by atoms with Gasteiger partial charge in [-0.05, 0) is 25.0 Å². The van der Waals surface area contributed by atoms with Gasteiger partial charge in [-0.2, -0.15) is 0 Å². The van der Waals surface area contributed by atoms with Gasteiger partial charge in [-0.25, -0.2) is 0 Å². The van der Waals surface area contributed by atoms with Crippen molar-refractivity contribution in [2.45, 2.75) is 32.0 Å². The van der Waals surface area contributed by atoms with Crippen LogP contribution in [-0.4, -0.2) is 32.9 Å². The van der Waals surface area contributed by atoms with E-state index in [1.54, 1.807) is 11.8 Å². The molecule has 0 spiro atoms. The summed E-state index contributed by atoms with van der Waals surface area (Å²) in [4.78, 5) is 0. The summed E-state index contributed by atoms with van der Waals surface area (Å²) in [5, 5.41) is 12.8. The van der Waals surface area contributed by atoms with E-state index in [1.165, 1.54) is 0 Å². The van der Waals surface area contributed by atoms with Crippen molar-refractivity contribution in [1.82, 2.24) is 19.9 Å². The summed E-state index contributed by atoms with van der Waals surface area (Å²) < 4.78 is 2.02. The number of aromatic nitrogens is 3. The number of rotatable bonds is 6. The predicted octanol–water partition coefficient (Wildman–Crippen LogP) is 2.46. The lowest BCUT2D eigenvalue weighted by atomic mass is 10.1. The molecule has 2 rings (SSSR count). The topological polar surface area (TPSA) is 42.2 Å². The minimum atomic E-state index is 0.556. The Morgan fingerprint density at radius 3 is 2.89 bits per heavy atom. The molecule has 4 nitrogen and oxygen atoms in total. The second kappa shape index (κ2) is 6.20. The number of pyridine rings is 1. The Hall–Kier alpha value is -1.07. The maximum atomic E-state index is 4.20. The van der Waals surface area contributed by atoms with Gasteiger partial charge in [0.2, 0.25) is 0 Å². The van der Waals surface area contributed by atoms with Crippen LogP contribution in [0.25, 0.3) is 5.65 Å². The molecule has 1 atom stereocenters. The molecule has 18 heavy (non-hydrogen) atoms. The molecule has 98 valence electrons. The van der Waals surface area contributed by atoms with Crippen LogP contribution >= 0.6 is 11.8 Å². The Bertz CT molecular complexity index is 494. The lowest BCUT2D eigenvalue weighted by molar-refractivity contribution is 0.438. The van der Waals surface area contributed by atoms with Crippen molar-refractivity contribution in [3.8, 4) is 0 Å². The maximum Gasteiger partial charge on any atom is 0.195 e. The molecule has 0 aliphatic rings. The fourth-order valence-corrected chi connectivity index (χ4v) is 2.38. The second-order valence-corrected chi connectivity index (χ2v) is 5.81. The van der Waals surface area contributed by atoms with E-state index in [1.807, 2.05) is 28.8 Å². The van der Waals surface area contributed by atoms with Crippen LogP contribution in [0.3, 0.4) is 0 Å². The van der Waals surface area contributed by atoms with Gasteiger partial charge in [-0.15, -0.1) is 10.2 Å². The van der Waals surface area contributed by atoms with E-state index in [0.29, 0.717) is 12.0 Å². The number of nitrogens with zero attached hydrogens (tertiary/aromatic N) is 3. The quantitative estimate of drug-likeness (QED) is 0.643. The van der Waals surface area contributed by atoms with E-state index in [-0.39, 0.29) is 0 Å². The minimum absolute atomic E-state index is 0.556. The highest BCUT2D eigenvalue weighted by Gasteiger charge is 2.07. The van der Waals surface area contributed by atoms with Crippen LogP contribution in [0, 0.1) is 5.92 Å². The highest BCUT2D eigenvalue weighted by atomic mass is 32.2. The van der Waals surface area contributed by atoms with Gasteiger partial charge in [0.15, 0.2) is 10.8 Å². The molecular weight excluding hydrogens is 244 g/mol. The monoisotopic (exact) mass is 264 g/mol. The van der Waals surface area contributed by atoms with Crippen molar-refractivity contribution in [3.63, 3.8) is 0 Å². The Balaban J connectivity index is 1.84. The summed E-state index contributed by atoms with van der Waals surface area (Å²) in [6.45, 7) is 7.68. The van der Waals surface area contributed by atoms with Gasteiger partial charge in [0.05, 0.1) is 0 Å². The van der Waals surface area contributed by atoms with Gasteiger partial charge < -0.3 is 5.32 Å². The van der Waals surface area contributed by atoms with Crippen LogP contribution in [0.4, 0.5) is 0 Å². The molecule has 0 fully saturated rings. The zero-order chi connectivity index (χ0) is 13.0. The third-order valence-electron chi connectivity index (χ3n) is 3.08. The van der Waals surface area contributed by atoms with Gasteiger partial charge in [0, 0.05) is 24.5 Å². The van der Waals surface area contributed by atoms with Gasteiger partial charge in [0.1, 0.15) is 0 Å². The Kier molecular flexibility index (Phi) is 4.60. The number of nitrogens with one attached hydrogen (secondary N) is 1. The number of hydrogen-bond donors (Lipinski definition) is 1. The average Bonchev–Trinajstić information content (AvgIpc) is 2.77. The third kappa shape index (κ3) is 3.23. The second-order valence-electron chi connectivity index (χ2n) is 4.75. The summed E-state index contributed by atoms with van der Waals surface area (Å²) >= 11 is 1.74. The smallest absolute Gasteiger partial charge is 0.195 e. The van der Waals surface area contributed by atoms with E-state index in [2.05, 4.69) is 36.3 Å². The van der Waals surface area contributed by atoms with Gasteiger partial charge >= 0.3 is 0 Å². The molecule has 5 heteroatoms. The first-order valence-corrected chi connectivity index (χ1v) is 7.33. The zero-order valence-electron chi connectivity index (χ0n) is 11.1. The van der Waals surface area contributed by atoms with Crippen LogP contribution in [0.15, 0.2) is 29.6 Å². The molecule has 0 aliphatic carbocycles. The molecule has 0 radical (unpaired) electrons. The molecule has 0 amide bonds. The van der Waals surface area contributed by atoms with Crippen molar-refractivity contribution in [3.05, 3.63) is 24.4 Å². The summed E-state index contributed by atoms with van der Waals surface area (Å²) in [6, 6.07) is 6.50. The largest absolute Gasteiger partial charge is 0.313 e. The number of hydrogen-bond acceptors (Lipinski definition) is 4. The number of thioether (sulfide) groups is 1. The Labute approximate surface area is 112 Å².